The number of hydrogen-bond acceptors (Lipinski definition) is 5. The molecule has 0 fully saturated rings. The Hall–Kier alpha value is -2.47. The molecule has 0 aliphatic heterocycles. The molecule has 0 saturated heterocycles. The van der Waals surface area contributed by atoms with E-state index in [0.29, 0.717) is 11.2 Å². The average molecular weight is 382 g/mol. The maximum absolute atomic E-state index is 13.4. The second-order valence-corrected chi connectivity index (χ2v) is 7.98. The number of ether oxygens (including phenoxy) is 1. The maximum atomic E-state index is 13.4. The smallest absolute Gasteiger partial charge is 0.326 e. The number of esters is 1. The molecule has 3 aromatic rings. The molecule has 0 saturated carbocycles. The van der Waals surface area contributed by atoms with Crippen LogP contribution in [0.4, 0.5) is 0 Å². The third-order valence-electron chi connectivity index (χ3n) is 4.94. The van der Waals surface area contributed by atoms with Gasteiger partial charge in [-0.05, 0) is 51.2 Å². The number of carbonyl (C=O) groups excluding carboxylic acids is 1. The molecular formula is C21H22N2O3S. The van der Waals surface area contributed by atoms with Gasteiger partial charge in [0.1, 0.15) is 17.2 Å². The van der Waals surface area contributed by atoms with Gasteiger partial charge in [-0.25, -0.2) is 4.98 Å². The number of aryl methyl sites for hydroxylation is 3. The second-order valence-electron chi connectivity index (χ2n) is 6.89. The normalized spacial score (nSPS) is 13.6. The summed E-state index contributed by atoms with van der Waals surface area (Å²) in [5, 5.41) is 0.690. The van der Waals surface area contributed by atoms with E-state index in [1.54, 1.807) is 18.3 Å². The molecule has 140 valence electrons. The van der Waals surface area contributed by atoms with E-state index in [2.05, 4.69) is 0 Å². The lowest BCUT2D eigenvalue weighted by molar-refractivity contribution is -0.143. The first kappa shape index (κ1) is 17.9. The van der Waals surface area contributed by atoms with Crippen LogP contribution in [0, 0.1) is 6.92 Å². The largest absolute Gasteiger partial charge is 0.465 e. The minimum absolute atomic E-state index is 0.122. The van der Waals surface area contributed by atoms with Crippen LogP contribution in [-0.4, -0.2) is 22.1 Å². The van der Waals surface area contributed by atoms with Crippen LogP contribution in [0.2, 0.25) is 0 Å². The van der Waals surface area contributed by atoms with Crippen molar-refractivity contribution in [2.45, 2.75) is 46.1 Å². The fourth-order valence-electron chi connectivity index (χ4n) is 3.73. The molecule has 1 aliphatic carbocycles. The van der Waals surface area contributed by atoms with E-state index >= 15 is 0 Å². The average Bonchev–Trinajstić information content (AvgIpc) is 3.02. The van der Waals surface area contributed by atoms with E-state index in [1.165, 1.54) is 9.44 Å². The zero-order valence-electron chi connectivity index (χ0n) is 15.6. The molecule has 0 bridgehead atoms. The first-order valence-corrected chi connectivity index (χ1v) is 10.2. The van der Waals surface area contributed by atoms with Gasteiger partial charge in [0.2, 0.25) is 0 Å². The quantitative estimate of drug-likeness (QED) is 0.643. The maximum Gasteiger partial charge on any atom is 0.326 e. The number of nitrogens with zero attached hydrogens (tertiary/aromatic N) is 2. The first-order valence-electron chi connectivity index (χ1n) is 9.36. The lowest BCUT2D eigenvalue weighted by Crippen LogP contribution is -2.28. The molecule has 1 aromatic carbocycles. The summed E-state index contributed by atoms with van der Waals surface area (Å²) < 4.78 is 6.58. The molecule has 0 N–H and O–H groups in total. The summed E-state index contributed by atoms with van der Waals surface area (Å²) in [6.07, 6.45) is 4.17. The summed E-state index contributed by atoms with van der Waals surface area (Å²) in [6, 6.07) is 7.85. The van der Waals surface area contributed by atoms with Crippen LogP contribution in [0.5, 0.6) is 0 Å². The van der Waals surface area contributed by atoms with Gasteiger partial charge in [0.15, 0.2) is 0 Å². The molecule has 1 aliphatic rings. The Morgan fingerprint density at radius 2 is 2.11 bits per heavy atom. The predicted molar refractivity (Wildman–Crippen MR) is 107 cm³/mol. The highest BCUT2D eigenvalue weighted by molar-refractivity contribution is 7.18. The zero-order valence-corrected chi connectivity index (χ0v) is 16.4. The van der Waals surface area contributed by atoms with Gasteiger partial charge in [0.05, 0.1) is 12.0 Å². The van der Waals surface area contributed by atoms with Crippen LogP contribution in [0.25, 0.3) is 21.6 Å². The van der Waals surface area contributed by atoms with Gasteiger partial charge >= 0.3 is 5.97 Å². The molecule has 6 heteroatoms. The monoisotopic (exact) mass is 382 g/mol. The van der Waals surface area contributed by atoms with E-state index in [1.807, 2.05) is 31.2 Å². The van der Waals surface area contributed by atoms with Crippen LogP contribution in [0.15, 0.2) is 29.1 Å². The van der Waals surface area contributed by atoms with Gasteiger partial charge in [-0.2, -0.15) is 0 Å². The summed E-state index contributed by atoms with van der Waals surface area (Å²) in [5.74, 6) is 0.113. The molecule has 2 heterocycles. The Kier molecular flexibility index (Phi) is 4.83. The molecule has 0 atom stereocenters. The summed E-state index contributed by atoms with van der Waals surface area (Å²) in [7, 11) is 0. The van der Waals surface area contributed by atoms with Crippen molar-refractivity contribution in [1.82, 2.24) is 9.55 Å². The molecule has 0 amide bonds. The number of fused-ring (bicyclic) bond motifs is 3. The number of thiophene rings is 1. The van der Waals surface area contributed by atoms with Crippen molar-refractivity contribution >= 4 is 27.5 Å². The Morgan fingerprint density at radius 3 is 2.89 bits per heavy atom. The van der Waals surface area contributed by atoms with Crippen LogP contribution >= 0.6 is 11.3 Å². The fraction of sp³-hybridized carbons (Fsp3) is 0.381. The minimum Gasteiger partial charge on any atom is -0.465 e. The Labute approximate surface area is 161 Å². The van der Waals surface area contributed by atoms with E-state index < -0.39 is 5.97 Å². The van der Waals surface area contributed by atoms with Crippen molar-refractivity contribution < 1.29 is 9.53 Å². The van der Waals surface area contributed by atoms with Crippen LogP contribution in [-0.2, 0) is 28.9 Å². The number of hydrogen-bond donors (Lipinski definition) is 0. The van der Waals surface area contributed by atoms with Crippen LogP contribution in [0.3, 0.4) is 0 Å². The Balaban J connectivity index is 1.97. The van der Waals surface area contributed by atoms with Crippen molar-refractivity contribution in [3.05, 3.63) is 50.6 Å². The lowest BCUT2D eigenvalue weighted by Gasteiger charge is -2.14. The van der Waals surface area contributed by atoms with E-state index in [9.17, 15) is 9.59 Å². The summed E-state index contributed by atoms with van der Waals surface area (Å²) in [6.45, 7) is 3.93. The number of benzene rings is 1. The summed E-state index contributed by atoms with van der Waals surface area (Å²) in [5.41, 5.74) is 2.91. The minimum atomic E-state index is -0.418. The van der Waals surface area contributed by atoms with Crippen molar-refractivity contribution in [2.24, 2.45) is 0 Å². The van der Waals surface area contributed by atoms with Crippen molar-refractivity contribution in [1.29, 1.82) is 0 Å². The van der Waals surface area contributed by atoms with Crippen LogP contribution in [0.1, 0.15) is 35.8 Å². The van der Waals surface area contributed by atoms with E-state index in [4.69, 9.17) is 9.72 Å². The summed E-state index contributed by atoms with van der Waals surface area (Å²) in [4.78, 5) is 32.5. The predicted octanol–water partition coefficient (Wildman–Crippen LogP) is 3.88. The van der Waals surface area contributed by atoms with Crippen molar-refractivity contribution in [3.8, 4) is 11.4 Å². The SMILES string of the molecule is CCOC(=O)Cn1c(-c2cccc(C)c2)nc2sc3c(c2c1=O)CCCC3. The highest BCUT2D eigenvalue weighted by atomic mass is 32.1. The van der Waals surface area contributed by atoms with Crippen molar-refractivity contribution in [3.63, 3.8) is 0 Å². The molecule has 27 heavy (non-hydrogen) atoms. The third-order valence-corrected chi connectivity index (χ3v) is 6.13. The van der Waals surface area contributed by atoms with Gasteiger partial charge in [0.25, 0.3) is 5.56 Å². The van der Waals surface area contributed by atoms with Gasteiger partial charge in [-0.3, -0.25) is 14.2 Å². The molecular weight excluding hydrogens is 360 g/mol. The molecule has 5 nitrogen and oxygen atoms in total. The van der Waals surface area contributed by atoms with E-state index in [0.717, 1.165) is 47.2 Å². The van der Waals surface area contributed by atoms with Gasteiger partial charge in [-0.15, -0.1) is 11.3 Å². The highest BCUT2D eigenvalue weighted by Gasteiger charge is 2.23. The van der Waals surface area contributed by atoms with E-state index in [-0.39, 0.29) is 18.7 Å². The molecule has 0 unspecified atom stereocenters. The first-order chi connectivity index (χ1) is 13.1. The second kappa shape index (κ2) is 7.27. The van der Waals surface area contributed by atoms with Gasteiger partial charge in [0, 0.05) is 10.4 Å². The number of rotatable bonds is 4. The highest BCUT2D eigenvalue weighted by Crippen LogP contribution is 2.34. The molecule has 2 aromatic heterocycles. The molecule has 0 spiro atoms. The molecule has 4 rings (SSSR count). The fourth-order valence-corrected chi connectivity index (χ4v) is 4.98. The van der Waals surface area contributed by atoms with Crippen molar-refractivity contribution in [2.75, 3.05) is 6.61 Å². The van der Waals surface area contributed by atoms with Crippen LogP contribution < -0.4 is 5.56 Å². The number of carbonyl (C=O) groups is 1. The Morgan fingerprint density at radius 1 is 1.30 bits per heavy atom. The summed E-state index contributed by atoms with van der Waals surface area (Å²) >= 11 is 1.62. The standard InChI is InChI=1S/C21H22N2O3S/c1-3-26-17(24)12-23-19(14-8-6-7-13(2)11-14)22-20-18(21(23)25)15-9-4-5-10-16(15)27-20/h6-8,11H,3-5,9-10,12H2,1-2H3. The topological polar surface area (TPSA) is 61.2 Å². The zero-order chi connectivity index (χ0) is 19.0. The van der Waals surface area contributed by atoms with Gasteiger partial charge < -0.3 is 4.74 Å². The Bertz CT molecular complexity index is 1080. The number of aromatic nitrogens is 2. The van der Waals surface area contributed by atoms with Gasteiger partial charge in [-0.1, -0.05) is 23.8 Å². The molecule has 0 radical (unpaired) electrons. The third kappa shape index (κ3) is 3.30. The lowest BCUT2D eigenvalue weighted by atomic mass is 9.97.